The number of fused-ring (bicyclic) bond motifs is 1. The summed E-state index contributed by atoms with van der Waals surface area (Å²) in [6.07, 6.45) is 3.91. The van der Waals surface area contributed by atoms with E-state index in [2.05, 4.69) is 9.98 Å². The lowest BCUT2D eigenvalue weighted by molar-refractivity contribution is -0.141. The Morgan fingerprint density at radius 2 is 2.04 bits per heavy atom. The number of carboxylic acid groups (broad SMARTS) is 1. The molecule has 0 spiro atoms. The molecule has 0 fully saturated rings. The quantitative estimate of drug-likeness (QED) is 0.737. The Labute approximate surface area is 156 Å². The molecule has 2 aromatic rings. The van der Waals surface area contributed by atoms with Gasteiger partial charge in [0.25, 0.3) is 0 Å². The largest absolute Gasteiger partial charge is 0.493 e. The van der Waals surface area contributed by atoms with Gasteiger partial charge in [0.1, 0.15) is 6.04 Å². The van der Waals surface area contributed by atoms with Crippen LogP contribution in [-0.4, -0.2) is 32.8 Å². The van der Waals surface area contributed by atoms with Gasteiger partial charge in [-0.05, 0) is 42.8 Å². The molecular formula is C16H15N3O3S3. The van der Waals surface area contributed by atoms with Crippen molar-refractivity contribution in [3.63, 3.8) is 0 Å². The number of hydrogen-bond acceptors (Lipinski definition) is 7. The van der Waals surface area contributed by atoms with E-state index in [4.69, 9.17) is 12.2 Å². The highest BCUT2D eigenvalue weighted by Crippen LogP contribution is 2.33. The summed E-state index contributed by atoms with van der Waals surface area (Å²) in [4.78, 5) is 20.8. The number of hydrogen-bond donors (Lipinski definition) is 2. The molecule has 2 N–H and O–H groups in total. The molecule has 1 aliphatic rings. The first kappa shape index (κ1) is 17.8. The van der Waals surface area contributed by atoms with E-state index in [0.29, 0.717) is 26.8 Å². The fourth-order valence-electron chi connectivity index (χ4n) is 2.46. The Morgan fingerprint density at radius 3 is 2.60 bits per heavy atom. The molecule has 1 aromatic carbocycles. The third-order valence-electron chi connectivity index (χ3n) is 3.65. The first-order valence-electron chi connectivity index (χ1n) is 7.41. The summed E-state index contributed by atoms with van der Waals surface area (Å²) in [5.74, 6) is -0.0573. The number of carboxylic acids is 1. The number of aliphatic carboxylic acids is 1. The predicted octanol–water partition coefficient (Wildman–Crippen LogP) is 2.61. The highest BCUT2D eigenvalue weighted by molar-refractivity contribution is 7.98. The standard InChI is InChI=1S/C16H15N3O3S3/c1-24-7-6-11(15(21)22)19-14(20)12(25-16(19)23)8-13-17-9-4-2-3-5-10(9)18-13/h2-5,8,11,20H,6-7H2,1H3,(H,21,22)/t11-/m0/s1. The van der Waals surface area contributed by atoms with Crippen LogP contribution >= 0.6 is 35.3 Å². The van der Waals surface area contributed by atoms with Crippen molar-refractivity contribution in [2.24, 2.45) is 9.98 Å². The molecule has 0 radical (unpaired) electrons. The molecule has 25 heavy (non-hydrogen) atoms. The molecule has 6 nitrogen and oxygen atoms in total. The van der Waals surface area contributed by atoms with Gasteiger partial charge in [0.15, 0.2) is 9.78 Å². The predicted molar refractivity (Wildman–Crippen MR) is 101 cm³/mol. The average molecular weight is 394 g/mol. The smallest absolute Gasteiger partial charge is 0.326 e. The molecule has 9 heteroatoms. The molecule has 0 aliphatic carbocycles. The summed E-state index contributed by atoms with van der Waals surface area (Å²) < 4.78 is 1.61. The Kier molecular flexibility index (Phi) is 5.36. The Balaban J connectivity index is 2.00. The van der Waals surface area contributed by atoms with Crippen LogP contribution in [0.4, 0.5) is 0 Å². The number of benzene rings is 1. The summed E-state index contributed by atoms with van der Waals surface area (Å²) in [5.41, 5.74) is 0. The van der Waals surface area contributed by atoms with E-state index < -0.39 is 12.0 Å². The molecule has 3 rings (SSSR count). The van der Waals surface area contributed by atoms with E-state index in [1.165, 1.54) is 4.57 Å². The third-order valence-corrected chi connectivity index (χ3v) is 5.63. The summed E-state index contributed by atoms with van der Waals surface area (Å²) in [6.45, 7) is 0. The number of para-hydroxylation sites is 2. The number of aromatic nitrogens is 1. The van der Waals surface area contributed by atoms with Crippen LogP contribution in [0.15, 0.2) is 40.1 Å². The van der Waals surface area contributed by atoms with E-state index in [1.54, 1.807) is 17.8 Å². The van der Waals surface area contributed by atoms with Crippen molar-refractivity contribution in [2.45, 2.75) is 12.5 Å². The first-order valence-corrected chi connectivity index (χ1v) is 10.0. The maximum atomic E-state index is 11.6. The second-order valence-corrected chi connectivity index (χ2v) is 7.94. The van der Waals surface area contributed by atoms with Crippen LogP contribution in [0.3, 0.4) is 0 Å². The van der Waals surface area contributed by atoms with Gasteiger partial charge in [-0.3, -0.25) is 4.57 Å². The number of rotatable bonds is 6. The van der Waals surface area contributed by atoms with Gasteiger partial charge in [-0.2, -0.15) is 11.8 Å². The van der Waals surface area contributed by atoms with Gasteiger partial charge >= 0.3 is 5.97 Å². The zero-order chi connectivity index (χ0) is 18.0. The van der Waals surface area contributed by atoms with E-state index >= 15 is 0 Å². The van der Waals surface area contributed by atoms with Gasteiger partial charge < -0.3 is 10.2 Å². The van der Waals surface area contributed by atoms with Crippen LogP contribution in [0.1, 0.15) is 17.3 Å². The molecule has 1 aromatic heterocycles. The van der Waals surface area contributed by atoms with Gasteiger partial charge in [-0.25, -0.2) is 14.8 Å². The first-order chi connectivity index (χ1) is 12.0. The van der Waals surface area contributed by atoms with E-state index in [0.717, 1.165) is 22.1 Å². The topological polar surface area (TPSA) is 87.2 Å². The van der Waals surface area contributed by atoms with Crippen molar-refractivity contribution in [3.05, 3.63) is 49.6 Å². The molecule has 0 saturated heterocycles. The Bertz CT molecular complexity index is 986. The zero-order valence-corrected chi connectivity index (χ0v) is 15.7. The second kappa shape index (κ2) is 7.51. The third kappa shape index (κ3) is 3.68. The fraction of sp³-hybridized carbons (Fsp3) is 0.250. The Morgan fingerprint density at radius 1 is 1.40 bits per heavy atom. The van der Waals surface area contributed by atoms with E-state index in [9.17, 15) is 15.0 Å². The Hall–Kier alpha value is -1.97. The minimum atomic E-state index is -1.01. The molecule has 2 heterocycles. The van der Waals surface area contributed by atoms with Gasteiger partial charge in [0.05, 0.1) is 15.6 Å². The molecule has 130 valence electrons. The van der Waals surface area contributed by atoms with Crippen molar-refractivity contribution in [2.75, 3.05) is 12.0 Å². The van der Waals surface area contributed by atoms with Crippen LogP contribution in [-0.2, 0) is 4.79 Å². The highest BCUT2D eigenvalue weighted by Gasteiger charge is 2.25. The summed E-state index contributed by atoms with van der Waals surface area (Å²) >= 11 is 7.97. The molecule has 0 saturated carbocycles. The van der Waals surface area contributed by atoms with E-state index in [1.807, 2.05) is 30.5 Å². The van der Waals surface area contributed by atoms with Crippen molar-refractivity contribution >= 4 is 47.4 Å². The minimum absolute atomic E-state index is 0.155. The lowest BCUT2D eigenvalue weighted by Crippen LogP contribution is -2.19. The van der Waals surface area contributed by atoms with E-state index in [-0.39, 0.29) is 5.88 Å². The monoisotopic (exact) mass is 393 g/mol. The normalized spacial score (nSPS) is 13.7. The van der Waals surface area contributed by atoms with Gasteiger partial charge in [-0.1, -0.05) is 12.1 Å². The lowest BCUT2D eigenvalue weighted by Gasteiger charge is -2.14. The summed E-state index contributed by atoms with van der Waals surface area (Å²) in [6, 6.07) is 6.58. The van der Waals surface area contributed by atoms with Crippen molar-refractivity contribution in [1.82, 2.24) is 4.57 Å². The van der Waals surface area contributed by atoms with Gasteiger partial charge in [0, 0.05) is 6.08 Å². The van der Waals surface area contributed by atoms with Crippen LogP contribution < -0.4 is 10.7 Å². The number of aromatic hydroxyl groups is 1. The SMILES string of the molecule is CSCC[C@@H](C(=O)O)n1c(O)c(C=C2N=c3ccccc3=N2)sc1=S. The van der Waals surface area contributed by atoms with Crippen molar-refractivity contribution < 1.29 is 15.0 Å². The maximum Gasteiger partial charge on any atom is 0.326 e. The fourth-order valence-corrected chi connectivity index (χ4v) is 4.26. The highest BCUT2D eigenvalue weighted by atomic mass is 32.2. The lowest BCUT2D eigenvalue weighted by atomic mass is 10.2. The van der Waals surface area contributed by atoms with Gasteiger partial charge in [0.2, 0.25) is 5.88 Å². The minimum Gasteiger partial charge on any atom is -0.493 e. The van der Waals surface area contributed by atoms with Crippen molar-refractivity contribution in [3.8, 4) is 5.88 Å². The summed E-state index contributed by atoms with van der Waals surface area (Å²) in [7, 11) is 0. The number of carbonyl (C=O) groups is 1. The van der Waals surface area contributed by atoms with Crippen LogP contribution in [0.25, 0.3) is 6.08 Å². The number of nitrogens with zero attached hydrogens (tertiary/aromatic N) is 3. The second-order valence-electron chi connectivity index (χ2n) is 5.28. The summed E-state index contributed by atoms with van der Waals surface area (Å²) in [5, 5.41) is 21.5. The molecule has 0 unspecified atom stereocenters. The molecular weight excluding hydrogens is 378 g/mol. The van der Waals surface area contributed by atoms with Crippen LogP contribution in [0.5, 0.6) is 5.88 Å². The number of thiazole rings is 1. The molecule has 1 atom stereocenters. The zero-order valence-electron chi connectivity index (χ0n) is 13.2. The molecule has 0 amide bonds. The average Bonchev–Trinajstić information content (AvgIpc) is 3.10. The maximum absolute atomic E-state index is 11.6. The molecule has 1 aliphatic heterocycles. The van der Waals surface area contributed by atoms with Crippen LogP contribution in [0, 0.1) is 3.95 Å². The van der Waals surface area contributed by atoms with Crippen molar-refractivity contribution in [1.29, 1.82) is 0 Å². The number of thioether (sulfide) groups is 1. The van der Waals surface area contributed by atoms with Gasteiger partial charge in [-0.15, -0.1) is 11.3 Å². The molecule has 0 bridgehead atoms. The van der Waals surface area contributed by atoms with Crippen LogP contribution in [0.2, 0.25) is 0 Å².